The van der Waals surface area contributed by atoms with Gasteiger partial charge in [-0.2, -0.15) is 0 Å². The van der Waals surface area contributed by atoms with Gasteiger partial charge in [0, 0.05) is 39.3 Å². The van der Waals surface area contributed by atoms with Crippen molar-refractivity contribution in [1.82, 2.24) is 14.7 Å². The highest BCUT2D eigenvalue weighted by Crippen LogP contribution is 2.07. The van der Waals surface area contributed by atoms with E-state index in [2.05, 4.69) is 16.8 Å². The molecule has 6 nitrogen and oxygen atoms in total. The number of amides is 1. The van der Waals surface area contributed by atoms with Crippen LogP contribution in [-0.2, 0) is 9.53 Å². The molecule has 1 atom stereocenters. The average molecular weight is 286 g/mol. The minimum absolute atomic E-state index is 0.191. The van der Waals surface area contributed by atoms with Crippen molar-refractivity contribution in [3.05, 3.63) is 0 Å². The fourth-order valence-electron chi connectivity index (χ4n) is 2.37. The van der Waals surface area contributed by atoms with Crippen molar-refractivity contribution in [1.29, 1.82) is 0 Å². The van der Waals surface area contributed by atoms with Crippen LogP contribution in [0.1, 0.15) is 0 Å². The number of morpholine rings is 1. The van der Waals surface area contributed by atoms with Gasteiger partial charge in [-0.1, -0.05) is 12.2 Å². The molecule has 2 N–H and O–H groups in total. The molecule has 0 bridgehead atoms. The van der Waals surface area contributed by atoms with Gasteiger partial charge in [0.15, 0.2) is 0 Å². The lowest BCUT2D eigenvalue weighted by atomic mass is 10.2. The molecule has 0 spiro atoms. The summed E-state index contributed by atoms with van der Waals surface area (Å²) in [7, 11) is 2.08. The van der Waals surface area contributed by atoms with Gasteiger partial charge in [-0.05, 0) is 7.05 Å². The number of nitrogens with two attached hydrogens (primary N) is 1. The number of thiocarbonyl (C=S) groups is 1. The molecule has 0 saturated carbocycles. The Morgan fingerprint density at radius 3 is 2.63 bits per heavy atom. The minimum atomic E-state index is -0.218. The molecule has 19 heavy (non-hydrogen) atoms. The van der Waals surface area contributed by atoms with Crippen LogP contribution in [0.5, 0.6) is 0 Å². The van der Waals surface area contributed by atoms with Gasteiger partial charge in [0.1, 0.15) is 11.1 Å². The van der Waals surface area contributed by atoms with Crippen molar-refractivity contribution in [2.75, 3.05) is 59.5 Å². The summed E-state index contributed by atoms with van der Waals surface area (Å²) < 4.78 is 5.47. The van der Waals surface area contributed by atoms with Crippen LogP contribution in [0.2, 0.25) is 0 Å². The Morgan fingerprint density at radius 1 is 1.32 bits per heavy atom. The molecule has 2 aliphatic rings. The number of hydrogen-bond acceptors (Lipinski definition) is 5. The van der Waals surface area contributed by atoms with E-state index in [4.69, 9.17) is 22.7 Å². The van der Waals surface area contributed by atoms with E-state index >= 15 is 0 Å². The summed E-state index contributed by atoms with van der Waals surface area (Å²) in [5.74, 6) is 0.191. The zero-order valence-electron chi connectivity index (χ0n) is 11.4. The van der Waals surface area contributed by atoms with Crippen LogP contribution < -0.4 is 5.73 Å². The van der Waals surface area contributed by atoms with Gasteiger partial charge in [-0.3, -0.25) is 9.69 Å². The van der Waals surface area contributed by atoms with Crippen LogP contribution in [0.4, 0.5) is 0 Å². The van der Waals surface area contributed by atoms with Gasteiger partial charge in [0.2, 0.25) is 5.91 Å². The third-order valence-corrected chi connectivity index (χ3v) is 3.95. The molecule has 0 aromatic rings. The Balaban J connectivity index is 1.80. The molecule has 108 valence electrons. The van der Waals surface area contributed by atoms with Crippen LogP contribution in [0.15, 0.2) is 0 Å². The summed E-state index contributed by atoms with van der Waals surface area (Å²) in [6.07, 6.45) is -0.218. The van der Waals surface area contributed by atoms with Gasteiger partial charge in [-0.25, -0.2) is 0 Å². The smallest absolute Gasteiger partial charge is 0.236 e. The molecule has 0 radical (unpaired) electrons. The molecule has 0 aromatic heterocycles. The molecule has 2 aliphatic heterocycles. The summed E-state index contributed by atoms with van der Waals surface area (Å²) >= 11 is 4.95. The quantitative estimate of drug-likeness (QED) is 0.654. The van der Waals surface area contributed by atoms with Crippen LogP contribution in [0, 0.1) is 0 Å². The number of piperazine rings is 1. The van der Waals surface area contributed by atoms with Gasteiger partial charge in [0.05, 0.1) is 13.2 Å². The van der Waals surface area contributed by atoms with Crippen LogP contribution in [0.3, 0.4) is 0 Å². The number of ether oxygens (including phenoxy) is 1. The summed E-state index contributed by atoms with van der Waals surface area (Å²) in [4.78, 5) is 18.8. The minimum Gasteiger partial charge on any atom is -0.391 e. The van der Waals surface area contributed by atoms with E-state index in [1.165, 1.54) is 0 Å². The van der Waals surface area contributed by atoms with Crippen molar-refractivity contribution in [2.45, 2.75) is 6.10 Å². The lowest BCUT2D eigenvalue weighted by Gasteiger charge is -2.36. The lowest BCUT2D eigenvalue weighted by molar-refractivity contribution is -0.135. The molecule has 1 amide bonds. The summed E-state index contributed by atoms with van der Waals surface area (Å²) in [5, 5.41) is 0. The normalized spacial score (nSPS) is 26.4. The van der Waals surface area contributed by atoms with E-state index in [0.717, 1.165) is 32.7 Å². The molecule has 0 aromatic carbocycles. The maximum Gasteiger partial charge on any atom is 0.236 e. The first-order valence-electron chi connectivity index (χ1n) is 6.66. The van der Waals surface area contributed by atoms with E-state index in [0.29, 0.717) is 24.7 Å². The molecular weight excluding hydrogens is 264 g/mol. The van der Waals surface area contributed by atoms with E-state index in [-0.39, 0.29) is 12.0 Å². The fourth-order valence-corrected chi connectivity index (χ4v) is 2.51. The number of carbonyl (C=O) groups is 1. The predicted molar refractivity (Wildman–Crippen MR) is 77.0 cm³/mol. The monoisotopic (exact) mass is 286 g/mol. The number of nitrogens with zero attached hydrogens (tertiary/aromatic N) is 3. The van der Waals surface area contributed by atoms with Crippen LogP contribution >= 0.6 is 12.2 Å². The van der Waals surface area contributed by atoms with Gasteiger partial charge < -0.3 is 20.3 Å². The Morgan fingerprint density at radius 2 is 2.00 bits per heavy atom. The van der Waals surface area contributed by atoms with E-state index < -0.39 is 0 Å². The highest BCUT2D eigenvalue weighted by molar-refractivity contribution is 7.80. The second-order valence-electron chi connectivity index (χ2n) is 5.18. The second kappa shape index (κ2) is 6.60. The molecular formula is C12H22N4O2S. The first kappa shape index (κ1) is 14.6. The number of rotatable bonds is 3. The summed E-state index contributed by atoms with van der Waals surface area (Å²) in [6, 6.07) is 0. The SMILES string of the molecule is CN1CCN(C(=O)CN2CCOC(C(N)=S)C2)CC1. The van der Waals surface area contributed by atoms with E-state index in [9.17, 15) is 4.79 Å². The Labute approximate surface area is 119 Å². The van der Waals surface area contributed by atoms with Gasteiger partial charge >= 0.3 is 0 Å². The first-order chi connectivity index (χ1) is 9.06. The maximum absolute atomic E-state index is 12.2. The Hall–Kier alpha value is -0.760. The molecule has 2 rings (SSSR count). The van der Waals surface area contributed by atoms with E-state index in [1.807, 2.05) is 4.90 Å². The van der Waals surface area contributed by atoms with Crippen molar-refractivity contribution < 1.29 is 9.53 Å². The number of likely N-dealkylation sites (N-methyl/N-ethyl adjacent to an activating group) is 1. The molecule has 2 saturated heterocycles. The lowest BCUT2D eigenvalue weighted by Crippen LogP contribution is -2.53. The molecule has 0 aliphatic carbocycles. The summed E-state index contributed by atoms with van der Waals surface area (Å²) in [5.41, 5.74) is 5.60. The summed E-state index contributed by atoms with van der Waals surface area (Å²) in [6.45, 7) is 5.93. The zero-order valence-corrected chi connectivity index (χ0v) is 12.2. The van der Waals surface area contributed by atoms with Gasteiger partial charge in [0.25, 0.3) is 0 Å². The molecule has 2 heterocycles. The fraction of sp³-hybridized carbons (Fsp3) is 0.833. The van der Waals surface area contributed by atoms with E-state index in [1.54, 1.807) is 0 Å². The zero-order chi connectivity index (χ0) is 13.8. The third kappa shape index (κ3) is 4.10. The highest BCUT2D eigenvalue weighted by atomic mass is 32.1. The number of hydrogen-bond donors (Lipinski definition) is 1. The highest BCUT2D eigenvalue weighted by Gasteiger charge is 2.26. The molecule has 1 unspecified atom stereocenters. The second-order valence-corrected chi connectivity index (χ2v) is 5.65. The van der Waals surface area contributed by atoms with Crippen molar-refractivity contribution in [2.24, 2.45) is 5.73 Å². The van der Waals surface area contributed by atoms with Crippen LogP contribution in [0.25, 0.3) is 0 Å². The Kier molecular flexibility index (Phi) is 5.09. The average Bonchev–Trinajstić information content (AvgIpc) is 2.39. The van der Waals surface area contributed by atoms with Crippen molar-refractivity contribution >= 4 is 23.1 Å². The topological polar surface area (TPSA) is 62.0 Å². The standard InChI is InChI=1S/C12H22N4O2S/c1-14-2-4-16(5-3-14)11(17)9-15-6-7-18-10(8-15)12(13)19/h10H,2-9H2,1H3,(H2,13,19). The van der Waals surface area contributed by atoms with Crippen molar-refractivity contribution in [3.63, 3.8) is 0 Å². The van der Waals surface area contributed by atoms with Crippen molar-refractivity contribution in [3.8, 4) is 0 Å². The predicted octanol–water partition coefficient (Wildman–Crippen LogP) is -1.25. The first-order valence-corrected chi connectivity index (χ1v) is 7.06. The third-order valence-electron chi connectivity index (χ3n) is 3.68. The van der Waals surface area contributed by atoms with Crippen LogP contribution in [-0.4, -0.2) is 91.2 Å². The van der Waals surface area contributed by atoms with Gasteiger partial charge in [-0.15, -0.1) is 0 Å². The largest absolute Gasteiger partial charge is 0.391 e. The molecule has 2 fully saturated rings. The molecule has 7 heteroatoms. The number of carbonyl (C=O) groups excluding carboxylic acids is 1. The maximum atomic E-state index is 12.2. The Bertz CT molecular complexity index is 345.